The molecule has 3 aliphatic heterocycles. The first-order valence-electron chi connectivity index (χ1n) is 11.8. The van der Waals surface area contributed by atoms with Crippen LogP contribution in [0.4, 0.5) is 0 Å². The molecule has 0 spiro atoms. The van der Waals surface area contributed by atoms with Crippen molar-refractivity contribution in [1.29, 1.82) is 0 Å². The third kappa shape index (κ3) is 6.39. The van der Waals surface area contributed by atoms with E-state index in [0.29, 0.717) is 0 Å². The van der Waals surface area contributed by atoms with Crippen molar-refractivity contribution in [3.63, 3.8) is 0 Å². The van der Waals surface area contributed by atoms with Crippen molar-refractivity contribution in [1.82, 2.24) is 5.32 Å². The maximum absolute atomic E-state index is 11.9. The van der Waals surface area contributed by atoms with Gasteiger partial charge in [0, 0.05) is 14.0 Å². The van der Waals surface area contributed by atoms with Gasteiger partial charge in [0.25, 0.3) is 0 Å². The Hall–Kier alpha value is -1.09. The first-order valence-corrected chi connectivity index (χ1v) is 11.8. The highest BCUT2D eigenvalue weighted by atomic mass is 16.8. The molecule has 0 aromatic carbocycles. The Bertz CT molecular complexity index is 745. The molecule has 1 amide bonds. The fourth-order valence-corrected chi connectivity index (χ4v) is 4.67. The van der Waals surface area contributed by atoms with Gasteiger partial charge in [-0.2, -0.15) is 0 Å². The summed E-state index contributed by atoms with van der Waals surface area (Å²) in [7, 11) is 1.24. The molecule has 0 aromatic rings. The summed E-state index contributed by atoms with van der Waals surface area (Å²) < 4.78 is 33.2. The summed E-state index contributed by atoms with van der Waals surface area (Å²) >= 11 is 0. The molecule has 0 bridgehead atoms. The Morgan fingerprint density at radius 3 is 1.86 bits per heavy atom. The van der Waals surface area contributed by atoms with Crippen LogP contribution in [0.1, 0.15) is 13.8 Å². The average Bonchev–Trinajstić information content (AvgIpc) is 2.86. The minimum absolute atomic E-state index is 0.618. The van der Waals surface area contributed by atoms with Crippen LogP contribution < -0.4 is 5.32 Å². The summed E-state index contributed by atoms with van der Waals surface area (Å²) in [5, 5.41) is 84.2. The monoisotopic (exact) mass is 543 g/mol. The molecule has 9 N–H and O–H groups in total. The second kappa shape index (κ2) is 12.8. The predicted molar refractivity (Wildman–Crippen MR) is 116 cm³/mol. The van der Waals surface area contributed by atoms with Crippen LogP contribution in [-0.2, 0) is 33.2 Å². The summed E-state index contributed by atoms with van der Waals surface area (Å²) in [5.41, 5.74) is 0. The van der Waals surface area contributed by atoms with Crippen LogP contribution in [0, 0.1) is 0 Å². The van der Waals surface area contributed by atoms with Gasteiger partial charge in [0.05, 0.1) is 19.3 Å². The third-order valence-electron chi connectivity index (χ3n) is 6.70. The highest BCUT2D eigenvalue weighted by Gasteiger charge is 2.54. The molecule has 0 radical (unpaired) electrons. The molecule has 16 heteroatoms. The Morgan fingerprint density at radius 2 is 1.30 bits per heavy atom. The molecule has 3 rings (SSSR count). The number of nitrogens with one attached hydrogen (secondary N) is 1. The number of rotatable bonds is 8. The number of ether oxygens (including phenoxy) is 6. The third-order valence-corrected chi connectivity index (χ3v) is 6.70. The molecule has 16 nitrogen and oxygen atoms in total. The van der Waals surface area contributed by atoms with Crippen molar-refractivity contribution in [2.24, 2.45) is 0 Å². The van der Waals surface area contributed by atoms with Gasteiger partial charge in [-0.25, -0.2) is 0 Å². The summed E-state index contributed by atoms with van der Waals surface area (Å²) in [4.78, 5) is 11.9. The Balaban J connectivity index is 1.93. The highest BCUT2D eigenvalue weighted by molar-refractivity contribution is 5.73. The van der Waals surface area contributed by atoms with E-state index < -0.39 is 111 Å². The van der Waals surface area contributed by atoms with Gasteiger partial charge in [-0.3, -0.25) is 4.79 Å². The number of aliphatic hydroxyl groups excluding tert-OH is 8. The Kier molecular flexibility index (Phi) is 10.6. The largest absolute Gasteiger partial charge is 0.394 e. The molecule has 15 atom stereocenters. The van der Waals surface area contributed by atoms with Crippen LogP contribution in [0.5, 0.6) is 0 Å². The molecule has 0 saturated carbocycles. The van der Waals surface area contributed by atoms with E-state index in [-0.39, 0.29) is 0 Å². The van der Waals surface area contributed by atoms with Crippen molar-refractivity contribution in [3.8, 4) is 0 Å². The molecule has 0 aliphatic carbocycles. The fraction of sp³-hybridized carbons (Fsp3) is 0.952. The molecular weight excluding hydrogens is 506 g/mol. The van der Waals surface area contributed by atoms with Gasteiger partial charge >= 0.3 is 0 Å². The number of carbonyl (C=O) groups is 1. The number of aliphatic hydroxyl groups is 8. The molecule has 3 heterocycles. The number of amides is 1. The van der Waals surface area contributed by atoms with Gasteiger partial charge in [-0.1, -0.05) is 0 Å². The molecular formula is C21H37NO15. The normalized spacial score (nSPS) is 49.0. The topological polar surface area (TPSA) is 246 Å². The van der Waals surface area contributed by atoms with Crippen molar-refractivity contribution >= 4 is 5.91 Å². The first-order chi connectivity index (χ1) is 17.4. The minimum Gasteiger partial charge on any atom is -0.394 e. The average molecular weight is 544 g/mol. The smallest absolute Gasteiger partial charge is 0.217 e. The van der Waals surface area contributed by atoms with Crippen LogP contribution >= 0.6 is 0 Å². The van der Waals surface area contributed by atoms with E-state index >= 15 is 0 Å². The van der Waals surface area contributed by atoms with Crippen LogP contribution in [0.2, 0.25) is 0 Å². The zero-order chi connectivity index (χ0) is 27.6. The quantitative estimate of drug-likeness (QED) is 0.138. The van der Waals surface area contributed by atoms with E-state index in [2.05, 4.69) is 5.32 Å². The van der Waals surface area contributed by atoms with E-state index in [1.165, 1.54) is 14.0 Å². The summed E-state index contributed by atoms with van der Waals surface area (Å²) in [5.74, 6) is -0.624. The van der Waals surface area contributed by atoms with Gasteiger partial charge in [0.2, 0.25) is 5.91 Å². The van der Waals surface area contributed by atoms with Crippen LogP contribution in [0.3, 0.4) is 0 Å². The number of hydrogen-bond donors (Lipinski definition) is 9. The van der Waals surface area contributed by atoms with Gasteiger partial charge in [-0.15, -0.1) is 0 Å². The number of carbonyl (C=O) groups excluding carboxylic acids is 1. The molecule has 0 unspecified atom stereocenters. The second-order valence-electron chi connectivity index (χ2n) is 9.26. The second-order valence-corrected chi connectivity index (χ2v) is 9.26. The molecule has 3 saturated heterocycles. The minimum atomic E-state index is -1.75. The summed E-state index contributed by atoms with van der Waals surface area (Å²) in [6.07, 6.45) is -20.6. The van der Waals surface area contributed by atoms with Crippen LogP contribution in [0.15, 0.2) is 0 Å². The first kappa shape index (κ1) is 30.5. The number of methoxy groups -OCH3 is 1. The summed E-state index contributed by atoms with van der Waals surface area (Å²) in [6, 6.07) is -1.39. The van der Waals surface area contributed by atoms with Crippen LogP contribution in [-0.4, -0.2) is 159 Å². The van der Waals surface area contributed by atoms with E-state index in [1.54, 1.807) is 0 Å². The lowest BCUT2D eigenvalue weighted by atomic mass is 9.94. The van der Waals surface area contributed by atoms with Crippen molar-refractivity contribution in [2.75, 3.05) is 20.3 Å². The molecule has 3 aliphatic rings. The molecule has 3 fully saturated rings. The van der Waals surface area contributed by atoms with Gasteiger partial charge in [0.15, 0.2) is 18.9 Å². The molecule has 37 heavy (non-hydrogen) atoms. The van der Waals surface area contributed by atoms with Gasteiger partial charge in [-0.05, 0) is 6.92 Å². The Morgan fingerprint density at radius 1 is 0.757 bits per heavy atom. The van der Waals surface area contributed by atoms with E-state index in [9.17, 15) is 45.6 Å². The SMILES string of the molecule is CO[C@@H]1[C@H](O)[C@@H](O)[C@H](O[C@@H]2[C@@H](NC(C)=O)[C@H](O)O[C@H](CO)[C@H]2O[C@@H]2O[C@@H](C)[C@@H](O)[C@@H](O)[C@@H]2O)O[C@@H]1CO. The zero-order valence-electron chi connectivity index (χ0n) is 20.5. The number of hydrogen-bond acceptors (Lipinski definition) is 15. The fourth-order valence-electron chi connectivity index (χ4n) is 4.67. The van der Waals surface area contributed by atoms with Crippen molar-refractivity contribution in [2.45, 2.75) is 106 Å². The van der Waals surface area contributed by atoms with Gasteiger partial charge < -0.3 is 74.6 Å². The maximum Gasteiger partial charge on any atom is 0.217 e. The highest BCUT2D eigenvalue weighted by Crippen LogP contribution is 2.33. The van der Waals surface area contributed by atoms with Crippen molar-refractivity contribution in [3.05, 3.63) is 0 Å². The summed E-state index contributed by atoms with van der Waals surface area (Å²) in [6.45, 7) is 1.20. The van der Waals surface area contributed by atoms with E-state index in [1.807, 2.05) is 0 Å². The van der Waals surface area contributed by atoms with E-state index in [4.69, 9.17) is 28.4 Å². The van der Waals surface area contributed by atoms with Gasteiger partial charge in [0.1, 0.15) is 67.1 Å². The standard InChI is InChI=1S/C21H37NO15/c1-6-11(26)12(27)14(29)20(33-6)36-17-9(5-24)34-19(31)10(22-7(2)25)18(17)37-21-15(30)13(28)16(32-3)8(4-23)35-21/h6,8-21,23-24,26-31H,4-5H2,1-3H3,(H,22,25)/t6-,8+,9+,10+,11+,12+,13+,14-,15+,16-,17+,18+,19+,20-,21-/m0/s1. The lowest BCUT2D eigenvalue weighted by Gasteiger charge is -2.49. The molecule has 216 valence electrons. The van der Waals surface area contributed by atoms with E-state index in [0.717, 1.165) is 6.92 Å². The lowest BCUT2D eigenvalue weighted by Crippen LogP contribution is -2.69. The maximum atomic E-state index is 11.9. The lowest BCUT2D eigenvalue weighted by molar-refractivity contribution is -0.371. The Labute approximate surface area is 212 Å². The molecule has 0 aromatic heterocycles. The van der Waals surface area contributed by atoms with Crippen LogP contribution in [0.25, 0.3) is 0 Å². The zero-order valence-corrected chi connectivity index (χ0v) is 20.5. The predicted octanol–water partition coefficient (Wildman–Crippen LogP) is -5.75. The van der Waals surface area contributed by atoms with Crippen molar-refractivity contribution < 1.29 is 74.1 Å².